The maximum absolute atomic E-state index is 2.56. The molecule has 0 nitrogen and oxygen atoms in total. The molecule has 0 bridgehead atoms. The van der Waals surface area contributed by atoms with Gasteiger partial charge >= 0.3 is 0 Å². The highest BCUT2D eigenvalue weighted by Crippen LogP contribution is 2.61. The number of halogens is 1. The SMILES string of the molecule is C[P+](c1ccccc1)(c1ccccc1)C1CCCCC1.[Br-]. The third kappa shape index (κ3) is 3.41. The Balaban J connectivity index is 0.00000161. The molecule has 0 amide bonds. The Morgan fingerprint density at radius 1 is 0.714 bits per heavy atom. The fraction of sp³-hybridized carbons (Fsp3) is 0.368. The molecule has 2 aromatic carbocycles. The van der Waals surface area contributed by atoms with Gasteiger partial charge in [-0.3, -0.25) is 0 Å². The Kier molecular flexibility index (Phi) is 6.02. The van der Waals surface area contributed by atoms with Gasteiger partial charge in [-0.15, -0.1) is 0 Å². The van der Waals surface area contributed by atoms with Crippen LogP contribution in [0, 0.1) is 0 Å². The van der Waals surface area contributed by atoms with E-state index in [1.54, 1.807) is 10.6 Å². The first-order valence-electron chi connectivity index (χ1n) is 7.79. The van der Waals surface area contributed by atoms with Crippen LogP contribution in [0.3, 0.4) is 0 Å². The average molecular weight is 363 g/mol. The van der Waals surface area contributed by atoms with Crippen LogP contribution in [0.5, 0.6) is 0 Å². The van der Waals surface area contributed by atoms with Crippen molar-refractivity contribution in [2.45, 2.75) is 37.8 Å². The molecule has 0 unspecified atom stereocenters. The summed E-state index contributed by atoms with van der Waals surface area (Å²) in [4.78, 5) is 0. The lowest BCUT2D eigenvalue weighted by Gasteiger charge is -2.34. The quantitative estimate of drug-likeness (QED) is 0.728. The zero-order chi connectivity index (χ0) is 13.8. The summed E-state index contributed by atoms with van der Waals surface area (Å²) in [7, 11) is -1.25. The largest absolute Gasteiger partial charge is 1.00 e. The normalized spacial score (nSPS) is 16.2. The lowest BCUT2D eigenvalue weighted by atomic mass is 10.0. The third-order valence-electron chi connectivity index (χ3n) is 4.89. The van der Waals surface area contributed by atoms with Crippen LogP contribution in [0.4, 0.5) is 0 Å². The van der Waals surface area contributed by atoms with Crippen molar-refractivity contribution >= 4 is 17.9 Å². The van der Waals surface area contributed by atoms with E-state index in [-0.39, 0.29) is 17.0 Å². The molecule has 1 aliphatic rings. The second-order valence-electron chi connectivity index (χ2n) is 6.04. The van der Waals surface area contributed by atoms with Crippen LogP contribution >= 0.6 is 7.26 Å². The van der Waals surface area contributed by atoms with Gasteiger partial charge in [0.05, 0.1) is 30.2 Å². The molecule has 1 saturated carbocycles. The van der Waals surface area contributed by atoms with E-state index in [1.165, 1.54) is 32.1 Å². The van der Waals surface area contributed by atoms with E-state index < -0.39 is 7.26 Å². The highest BCUT2D eigenvalue weighted by Gasteiger charge is 2.45. The van der Waals surface area contributed by atoms with Crippen molar-refractivity contribution in [3.63, 3.8) is 0 Å². The van der Waals surface area contributed by atoms with Gasteiger partial charge in [0, 0.05) is 0 Å². The van der Waals surface area contributed by atoms with E-state index in [0.717, 1.165) is 5.66 Å². The summed E-state index contributed by atoms with van der Waals surface area (Å²) >= 11 is 0. The van der Waals surface area contributed by atoms with Crippen LogP contribution in [-0.4, -0.2) is 12.3 Å². The number of hydrogen-bond acceptors (Lipinski definition) is 0. The first-order chi connectivity index (χ1) is 9.82. The summed E-state index contributed by atoms with van der Waals surface area (Å²) in [5.74, 6) is 0. The van der Waals surface area contributed by atoms with Crippen molar-refractivity contribution < 1.29 is 17.0 Å². The van der Waals surface area contributed by atoms with Gasteiger partial charge < -0.3 is 17.0 Å². The first kappa shape index (κ1) is 16.7. The van der Waals surface area contributed by atoms with Crippen LogP contribution < -0.4 is 27.6 Å². The fourth-order valence-corrected chi connectivity index (χ4v) is 7.77. The predicted octanol–water partition coefficient (Wildman–Crippen LogP) is 1.62. The molecule has 0 aromatic heterocycles. The fourth-order valence-electron chi connectivity index (χ4n) is 3.64. The molecule has 2 aromatic rings. The van der Waals surface area contributed by atoms with Gasteiger partial charge in [-0.2, -0.15) is 0 Å². The molecule has 0 spiro atoms. The average Bonchev–Trinajstić information content (AvgIpc) is 2.56. The zero-order valence-corrected chi connectivity index (χ0v) is 15.2. The Hall–Kier alpha value is -0.650. The Morgan fingerprint density at radius 2 is 1.14 bits per heavy atom. The van der Waals surface area contributed by atoms with Gasteiger partial charge in [-0.25, -0.2) is 0 Å². The summed E-state index contributed by atoms with van der Waals surface area (Å²) < 4.78 is 0. The second kappa shape index (κ2) is 7.56. The van der Waals surface area contributed by atoms with Crippen LogP contribution in [0.25, 0.3) is 0 Å². The number of rotatable bonds is 3. The van der Waals surface area contributed by atoms with E-state index in [1.807, 2.05) is 0 Å². The Bertz CT molecular complexity index is 493. The van der Waals surface area contributed by atoms with E-state index >= 15 is 0 Å². The molecule has 0 saturated heterocycles. The van der Waals surface area contributed by atoms with E-state index in [4.69, 9.17) is 0 Å². The molecule has 1 aliphatic carbocycles. The lowest BCUT2D eigenvalue weighted by molar-refractivity contribution is -0.00000404. The van der Waals surface area contributed by atoms with Gasteiger partial charge in [-0.05, 0) is 49.9 Å². The van der Waals surface area contributed by atoms with Crippen molar-refractivity contribution in [2.24, 2.45) is 0 Å². The number of benzene rings is 2. The smallest absolute Gasteiger partial charge is 0.0991 e. The molecular weight excluding hydrogens is 339 g/mol. The minimum absolute atomic E-state index is 0. The maximum atomic E-state index is 2.56. The molecule has 0 radical (unpaired) electrons. The molecule has 21 heavy (non-hydrogen) atoms. The summed E-state index contributed by atoms with van der Waals surface area (Å²) in [6.07, 6.45) is 7.09. The molecular formula is C19H24BrP. The summed E-state index contributed by atoms with van der Waals surface area (Å²) in [5, 5.41) is 3.16. The third-order valence-corrected chi connectivity index (χ3v) is 9.61. The van der Waals surface area contributed by atoms with E-state index in [2.05, 4.69) is 67.3 Å². The minimum Gasteiger partial charge on any atom is -1.00 e. The van der Waals surface area contributed by atoms with Crippen molar-refractivity contribution in [3.05, 3.63) is 60.7 Å². The topological polar surface area (TPSA) is 0 Å². The number of hydrogen-bond donors (Lipinski definition) is 0. The molecule has 1 fully saturated rings. The Morgan fingerprint density at radius 3 is 1.57 bits per heavy atom. The molecule has 0 heterocycles. The summed E-state index contributed by atoms with van der Waals surface area (Å²) in [6, 6.07) is 22.5. The lowest BCUT2D eigenvalue weighted by Crippen LogP contribution is -3.00. The minimum atomic E-state index is -1.25. The summed E-state index contributed by atoms with van der Waals surface area (Å²) in [6.45, 7) is 2.56. The second-order valence-corrected chi connectivity index (χ2v) is 9.95. The van der Waals surface area contributed by atoms with Crippen molar-refractivity contribution in [2.75, 3.05) is 6.66 Å². The highest BCUT2D eigenvalue weighted by atomic mass is 79.9. The van der Waals surface area contributed by atoms with Gasteiger partial charge in [0.25, 0.3) is 0 Å². The standard InChI is InChI=1S/C19H24P.BrH/c1-20(17-11-5-2-6-12-17,18-13-7-3-8-14-18)19-15-9-4-10-16-19;/h2-3,5-8,11-14,19H,4,9-10,15-16H2,1H3;1H/q+1;/p-1. The van der Waals surface area contributed by atoms with E-state index in [9.17, 15) is 0 Å². The zero-order valence-electron chi connectivity index (χ0n) is 12.7. The van der Waals surface area contributed by atoms with Crippen LogP contribution in [0.15, 0.2) is 60.7 Å². The van der Waals surface area contributed by atoms with E-state index in [0.29, 0.717) is 0 Å². The van der Waals surface area contributed by atoms with Gasteiger partial charge in [0.1, 0.15) is 0 Å². The van der Waals surface area contributed by atoms with Gasteiger partial charge in [0.2, 0.25) is 0 Å². The highest BCUT2D eigenvalue weighted by molar-refractivity contribution is 7.89. The van der Waals surface area contributed by atoms with Crippen LogP contribution in [0.1, 0.15) is 32.1 Å². The van der Waals surface area contributed by atoms with Crippen molar-refractivity contribution in [1.29, 1.82) is 0 Å². The molecule has 0 atom stereocenters. The van der Waals surface area contributed by atoms with Gasteiger partial charge in [0.15, 0.2) is 0 Å². The monoisotopic (exact) mass is 362 g/mol. The summed E-state index contributed by atoms with van der Waals surface area (Å²) in [5.41, 5.74) is 0.876. The first-order valence-corrected chi connectivity index (χ1v) is 10.1. The molecule has 112 valence electrons. The van der Waals surface area contributed by atoms with Crippen LogP contribution in [-0.2, 0) is 0 Å². The Labute approximate surface area is 140 Å². The molecule has 3 rings (SSSR count). The van der Waals surface area contributed by atoms with Gasteiger partial charge in [-0.1, -0.05) is 42.8 Å². The van der Waals surface area contributed by atoms with Crippen molar-refractivity contribution in [1.82, 2.24) is 0 Å². The molecule has 0 aliphatic heterocycles. The molecule has 2 heteroatoms. The van der Waals surface area contributed by atoms with Crippen LogP contribution in [0.2, 0.25) is 0 Å². The van der Waals surface area contributed by atoms with Crippen molar-refractivity contribution in [3.8, 4) is 0 Å². The molecule has 0 N–H and O–H groups in total. The predicted molar refractivity (Wildman–Crippen MR) is 91.9 cm³/mol. The maximum Gasteiger partial charge on any atom is 0.0991 e.